The summed E-state index contributed by atoms with van der Waals surface area (Å²) in [5.74, 6) is 8.74. The fraction of sp³-hybridized carbons (Fsp3) is 0.600. The van der Waals surface area contributed by atoms with Gasteiger partial charge in [0.15, 0.2) is 0 Å². The number of amides is 2. The summed E-state index contributed by atoms with van der Waals surface area (Å²) in [6, 6.07) is -0.771. The van der Waals surface area contributed by atoms with Gasteiger partial charge in [-0.25, -0.2) is 11.7 Å². The van der Waals surface area contributed by atoms with Crippen LogP contribution in [0.1, 0.15) is 12.8 Å². The Kier molecular flexibility index (Phi) is 4.93. The molecule has 7 nitrogen and oxygen atoms in total. The van der Waals surface area contributed by atoms with Crippen LogP contribution in [-0.4, -0.2) is 17.9 Å². The summed E-state index contributed by atoms with van der Waals surface area (Å²) in [7, 11) is 0. The lowest BCUT2D eigenvalue weighted by atomic mass is 10.1. The minimum atomic E-state index is -0.771. The highest BCUT2D eigenvalue weighted by molar-refractivity contribution is 5.82. The monoisotopic (exact) mass is 175 g/mol. The van der Waals surface area contributed by atoms with Crippen LogP contribution >= 0.6 is 0 Å². The Labute approximate surface area is 69.6 Å². The third kappa shape index (κ3) is 3.86. The van der Waals surface area contributed by atoms with Gasteiger partial charge in [0.2, 0.25) is 5.91 Å². The summed E-state index contributed by atoms with van der Waals surface area (Å²) in [6.07, 6.45) is 0.317. The minimum Gasteiger partial charge on any atom is -0.320 e. The molecule has 0 aliphatic rings. The number of rotatable bonds is 4. The Balaban J connectivity index is 3.63. The zero-order chi connectivity index (χ0) is 9.56. The molecular weight excluding hydrogens is 162 g/mol. The van der Waals surface area contributed by atoms with Crippen LogP contribution < -0.4 is 28.3 Å². The van der Waals surface area contributed by atoms with Crippen molar-refractivity contribution in [2.75, 3.05) is 0 Å². The molecule has 12 heavy (non-hydrogen) atoms. The van der Waals surface area contributed by atoms with Gasteiger partial charge in [0, 0.05) is 6.42 Å². The van der Waals surface area contributed by atoms with Crippen molar-refractivity contribution in [2.24, 2.45) is 17.4 Å². The lowest BCUT2D eigenvalue weighted by Crippen LogP contribution is -2.44. The molecule has 0 aromatic rings. The Morgan fingerprint density at radius 3 is 2.25 bits per heavy atom. The Hall–Kier alpha value is -1.18. The van der Waals surface area contributed by atoms with E-state index in [1.165, 1.54) is 0 Å². The molecule has 0 aromatic heterocycles. The highest BCUT2D eigenvalue weighted by Crippen LogP contribution is 1.93. The summed E-state index contributed by atoms with van der Waals surface area (Å²) < 4.78 is 0. The molecule has 8 N–H and O–H groups in total. The molecule has 0 fully saturated rings. The molecular formula is C5H13N5O2. The van der Waals surface area contributed by atoms with Gasteiger partial charge in [-0.1, -0.05) is 0 Å². The van der Waals surface area contributed by atoms with Crippen LogP contribution in [0.15, 0.2) is 0 Å². The van der Waals surface area contributed by atoms with E-state index in [1.54, 1.807) is 0 Å². The maximum absolute atomic E-state index is 10.7. The van der Waals surface area contributed by atoms with E-state index >= 15 is 0 Å². The zero-order valence-electron chi connectivity index (χ0n) is 6.54. The van der Waals surface area contributed by atoms with Crippen LogP contribution in [0.2, 0.25) is 0 Å². The minimum absolute atomic E-state index is 0.102. The first kappa shape index (κ1) is 10.8. The number of nitrogens with two attached hydrogens (primary N) is 3. The van der Waals surface area contributed by atoms with Gasteiger partial charge in [0.25, 0.3) is 5.91 Å². The van der Waals surface area contributed by atoms with Crippen molar-refractivity contribution in [3.63, 3.8) is 0 Å². The van der Waals surface area contributed by atoms with Crippen LogP contribution in [0.3, 0.4) is 0 Å². The number of carbonyl (C=O) groups is 2. The lowest BCUT2D eigenvalue weighted by molar-refractivity contribution is -0.123. The second kappa shape index (κ2) is 5.47. The highest BCUT2D eigenvalue weighted by atomic mass is 16.2. The standard InChI is InChI=1S/C5H13N5O2/c6-3(5(12)10-8)1-2-4(11)9-7/h3H,1-2,6-8H2,(H,9,11)(H,10,12). The second-order valence-electron chi connectivity index (χ2n) is 2.22. The Morgan fingerprint density at radius 2 is 1.83 bits per heavy atom. The molecule has 7 heteroatoms. The number of hydrazine groups is 2. The van der Waals surface area contributed by atoms with E-state index in [2.05, 4.69) is 0 Å². The highest BCUT2D eigenvalue weighted by Gasteiger charge is 2.12. The fourth-order valence-electron chi connectivity index (χ4n) is 0.597. The number of hydrogen-bond acceptors (Lipinski definition) is 5. The van der Waals surface area contributed by atoms with E-state index in [-0.39, 0.29) is 18.7 Å². The maximum atomic E-state index is 10.7. The molecule has 0 aliphatic heterocycles. The van der Waals surface area contributed by atoms with Crippen LogP contribution in [-0.2, 0) is 9.59 Å². The van der Waals surface area contributed by atoms with Gasteiger partial charge < -0.3 is 5.73 Å². The van der Waals surface area contributed by atoms with Gasteiger partial charge >= 0.3 is 0 Å². The average Bonchev–Trinajstić information content (AvgIpc) is 2.11. The molecule has 0 heterocycles. The fourth-order valence-corrected chi connectivity index (χ4v) is 0.597. The van der Waals surface area contributed by atoms with E-state index in [9.17, 15) is 9.59 Å². The first-order chi connectivity index (χ1) is 5.61. The molecule has 0 aliphatic carbocycles. The molecule has 70 valence electrons. The largest absolute Gasteiger partial charge is 0.320 e. The summed E-state index contributed by atoms with van der Waals surface area (Å²) in [5.41, 5.74) is 9.12. The molecule has 0 saturated heterocycles. The van der Waals surface area contributed by atoms with Gasteiger partial charge in [-0.05, 0) is 6.42 Å². The predicted molar refractivity (Wildman–Crippen MR) is 41.9 cm³/mol. The van der Waals surface area contributed by atoms with Crippen molar-refractivity contribution in [3.8, 4) is 0 Å². The van der Waals surface area contributed by atoms with Crippen LogP contribution in [0.25, 0.3) is 0 Å². The topological polar surface area (TPSA) is 136 Å². The van der Waals surface area contributed by atoms with Crippen molar-refractivity contribution in [3.05, 3.63) is 0 Å². The smallest absolute Gasteiger partial charge is 0.250 e. The van der Waals surface area contributed by atoms with Crippen molar-refractivity contribution >= 4 is 11.8 Å². The van der Waals surface area contributed by atoms with E-state index in [4.69, 9.17) is 17.4 Å². The number of nitrogens with one attached hydrogen (secondary N) is 2. The van der Waals surface area contributed by atoms with Gasteiger partial charge in [-0.15, -0.1) is 0 Å². The van der Waals surface area contributed by atoms with E-state index in [1.807, 2.05) is 10.9 Å². The van der Waals surface area contributed by atoms with Crippen molar-refractivity contribution in [1.29, 1.82) is 0 Å². The van der Waals surface area contributed by atoms with Crippen LogP contribution in [0.5, 0.6) is 0 Å². The van der Waals surface area contributed by atoms with E-state index in [0.29, 0.717) is 0 Å². The lowest BCUT2D eigenvalue weighted by Gasteiger charge is -2.07. The first-order valence-corrected chi connectivity index (χ1v) is 3.37. The van der Waals surface area contributed by atoms with Gasteiger partial charge in [0.05, 0.1) is 6.04 Å². The van der Waals surface area contributed by atoms with Crippen molar-refractivity contribution < 1.29 is 9.59 Å². The number of hydrogen-bond donors (Lipinski definition) is 5. The van der Waals surface area contributed by atoms with Crippen molar-refractivity contribution in [1.82, 2.24) is 10.9 Å². The van der Waals surface area contributed by atoms with Gasteiger partial charge in [0.1, 0.15) is 0 Å². The normalized spacial score (nSPS) is 11.9. The molecule has 0 rings (SSSR count). The van der Waals surface area contributed by atoms with Gasteiger partial charge in [-0.3, -0.25) is 20.4 Å². The summed E-state index contributed by atoms with van der Waals surface area (Å²) in [5, 5.41) is 0. The maximum Gasteiger partial charge on any atom is 0.250 e. The molecule has 1 atom stereocenters. The van der Waals surface area contributed by atoms with Crippen molar-refractivity contribution in [2.45, 2.75) is 18.9 Å². The zero-order valence-corrected chi connectivity index (χ0v) is 6.54. The third-order valence-electron chi connectivity index (χ3n) is 1.32. The second-order valence-corrected chi connectivity index (χ2v) is 2.22. The quantitative estimate of drug-likeness (QED) is 0.177. The summed E-state index contributed by atoms with van der Waals surface area (Å²) >= 11 is 0. The molecule has 0 saturated carbocycles. The van der Waals surface area contributed by atoms with E-state index in [0.717, 1.165) is 0 Å². The molecule has 0 spiro atoms. The molecule has 2 amide bonds. The van der Waals surface area contributed by atoms with E-state index < -0.39 is 11.9 Å². The SMILES string of the molecule is NNC(=O)CCC(N)C(=O)NN. The van der Waals surface area contributed by atoms with Crippen LogP contribution in [0, 0.1) is 0 Å². The third-order valence-corrected chi connectivity index (χ3v) is 1.32. The molecule has 1 unspecified atom stereocenters. The Bertz CT molecular complexity index is 171. The summed E-state index contributed by atoms with van der Waals surface area (Å²) in [4.78, 5) is 21.3. The van der Waals surface area contributed by atoms with Crippen LogP contribution in [0.4, 0.5) is 0 Å². The molecule has 0 aromatic carbocycles. The first-order valence-electron chi connectivity index (χ1n) is 3.37. The Morgan fingerprint density at radius 1 is 1.25 bits per heavy atom. The predicted octanol–water partition coefficient (Wildman–Crippen LogP) is -2.93. The molecule has 0 bridgehead atoms. The summed E-state index contributed by atoms with van der Waals surface area (Å²) in [6.45, 7) is 0. The molecule has 0 radical (unpaired) electrons. The average molecular weight is 175 g/mol. The number of carbonyl (C=O) groups excluding carboxylic acids is 2. The van der Waals surface area contributed by atoms with Gasteiger partial charge in [-0.2, -0.15) is 0 Å².